The van der Waals surface area contributed by atoms with E-state index in [2.05, 4.69) is 10.6 Å². The van der Waals surface area contributed by atoms with Crippen molar-refractivity contribution >= 4 is 34.6 Å². The van der Waals surface area contributed by atoms with Gasteiger partial charge in [-0.3, -0.25) is 14.9 Å². The second kappa shape index (κ2) is 7.60. The number of nitro groups is 1. The average molecular weight is 334 g/mol. The van der Waals surface area contributed by atoms with Gasteiger partial charge in [0.25, 0.3) is 5.69 Å². The fourth-order valence-corrected chi connectivity index (χ4v) is 2.17. The molecule has 0 saturated carbocycles. The van der Waals surface area contributed by atoms with Crippen LogP contribution in [0.1, 0.15) is 12.0 Å². The molecule has 0 fully saturated rings. The van der Waals surface area contributed by atoms with Gasteiger partial charge < -0.3 is 10.6 Å². The molecule has 1 amide bonds. The summed E-state index contributed by atoms with van der Waals surface area (Å²) < 4.78 is 0. The summed E-state index contributed by atoms with van der Waals surface area (Å²) in [6, 6.07) is 11.6. The Morgan fingerprint density at radius 1 is 1.26 bits per heavy atom. The van der Waals surface area contributed by atoms with E-state index in [1.165, 1.54) is 6.07 Å². The first-order chi connectivity index (χ1) is 11.0. The van der Waals surface area contributed by atoms with E-state index in [9.17, 15) is 14.9 Å². The first-order valence-corrected chi connectivity index (χ1v) is 7.38. The van der Waals surface area contributed by atoms with Gasteiger partial charge in [0.15, 0.2) is 0 Å². The maximum Gasteiger partial charge on any atom is 0.292 e. The van der Waals surface area contributed by atoms with Crippen LogP contribution in [0.3, 0.4) is 0 Å². The predicted octanol–water partition coefficient (Wildman–Crippen LogP) is 4.00. The molecule has 0 atom stereocenters. The minimum absolute atomic E-state index is 0.0155. The van der Waals surface area contributed by atoms with Gasteiger partial charge in [-0.05, 0) is 30.7 Å². The second-order valence-corrected chi connectivity index (χ2v) is 5.37. The molecule has 0 aliphatic rings. The van der Waals surface area contributed by atoms with E-state index in [4.69, 9.17) is 11.6 Å². The lowest BCUT2D eigenvalue weighted by molar-refractivity contribution is -0.384. The molecule has 2 N–H and O–H groups in total. The fraction of sp³-hybridized carbons (Fsp3) is 0.188. The highest BCUT2D eigenvalue weighted by Crippen LogP contribution is 2.23. The summed E-state index contributed by atoms with van der Waals surface area (Å²) in [7, 11) is 0. The van der Waals surface area contributed by atoms with Crippen LogP contribution in [0.5, 0.6) is 0 Å². The van der Waals surface area contributed by atoms with Crippen molar-refractivity contribution in [3.8, 4) is 0 Å². The van der Waals surface area contributed by atoms with Crippen LogP contribution < -0.4 is 10.6 Å². The molecular formula is C16H16ClN3O3. The maximum atomic E-state index is 11.9. The van der Waals surface area contributed by atoms with Gasteiger partial charge in [-0.15, -0.1) is 0 Å². The molecule has 6 nitrogen and oxygen atoms in total. The van der Waals surface area contributed by atoms with Crippen molar-refractivity contribution in [2.24, 2.45) is 0 Å². The molecule has 0 aliphatic heterocycles. The quantitative estimate of drug-likeness (QED) is 0.618. The molecule has 2 aromatic rings. The molecule has 0 heterocycles. The lowest BCUT2D eigenvalue weighted by atomic mass is 10.2. The number of para-hydroxylation sites is 2. The van der Waals surface area contributed by atoms with Crippen molar-refractivity contribution < 1.29 is 9.72 Å². The summed E-state index contributed by atoms with van der Waals surface area (Å²) in [6.45, 7) is 2.17. The Bertz CT molecular complexity index is 734. The molecule has 0 aromatic heterocycles. The van der Waals surface area contributed by atoms with Gasteiger partial charge in [-0.2, -0.15) is 0 Å². The number of carbonyl (C=O) groups excluding carboxylic acids is 1. The minimum atomic E-state index is -0.462. The summed E-state index contributed by atoms with van der Waals surface area (Å²) >= 11 is 6.00. The zero-order valence-electron chi connectivity index (χ0n) is 12.5. The third-order valence-electron chi connectivity index (χ3n) is 3.22. The van der Waals surface area contributed by atoms with Gasteiger partial charge in [0.1, 0.15) is 5.69 Å². The second-order valence-electron chi connectivity index (χ2n) is 4.96. The van der Waals surface area contributed by atoms with Crippen LogP contribution in [0.4, 0.5) is 17.1 Å². The van der Waals surface area contributed by atoms with Crippen LogP contribution in [0, 0.1) is 17.0 Å². The Hall–Kier alpha value is -2.60. The highest BCUT2D eigenvalue weighted by atomic mass is 35.5. The Morgan fingerprint density at radius 3 is 2.70 bits per heavy atom. The summed E-state index contributed by atoms with van der Waals surface area (Å²) in [5.41, 5.74) is 1.93. The van der Waals surface area contributed by atoms with Crippen molar-refractivity contribution in [3.63, 3.8) is 0 Å². The number of hydrogen-bond acceptors (Lipinski definition) is 4. The molecule has 0 spiro atoms. The summed E-state index contributed by atoms with van der Waals surface area (Å²) in [4.78, 5) is 22.3. The van der Waals surface area contributed by atoms with Crippen LogP contribution >= 0.6 is 11.6 Å². The molecule has 0 radical (unpaired) electrons. The number of rotatable bonds is 6. The largest absolute Gasteiger partial charge is 0.379 e. The first kappa shape index (κ1) is 16.8. The lowest BCUT2D eigenvalue weighted by Gasteiger charge is -2.08. The number of benzene rings is 2. The Morgan fingerprint density at radius 2 is 2.00 bits per heavy atom. The normalized spacial score (nSPS) is 10.2. The molecule has 2 aromatic carbocycles. The van der Waals surface area contributed by atoms with Gasteiger partial charge in [0.05, 0.1) is 4.92 Å². The topological polar surface area (TPSA) is 84.3 Å². The minimum Gasteiger partial charge on any atom is -0.379 e. The summed E-state index contributed by atoms with van der Waals surface area (Å²) in [6.07, 6.45) is 0.178. The number of halogens is 1. The lowest BCUT2D eigenvalue weighted by Crippen LogP contribution is -2.16. The van der Waals surface area contributed by atoms with E-state index < -0.39 is 4.92 Å². The van der Waals surface area contributed by atoms with Gasteiger partial charge in [0.2, 0.25) is 5.91 Å². The number of nitrogens with one attached hydrogen (secondary N) is 2. The Kier molecular flexibility index (Phi) is 5.54. The Labute approximate surface area is 138 Å². The number of amides is 1. The number of nitrogens with zero attached hydrogens (tertiary/aromatic N) is 1. The van der Waals surface area contributed by atoms with Crippen LogP contribution in [-0.4, -0.2) is 17.4 Å². The molecule has 0 bridgehead atoms. The Balaban J connectivity index is 1.88. The molecule has 0 saturated heterocycles. The molecule has 0 aliphatic carbocycles. The smallest absolute Gasteiger partial charge is 0.292 e. The fourth-order valence-electron chi connectivity index (χ4n) is 1.99. The first-order valence-electron chi connectivity index (χ1n) is 7.00. The van der Waals surface area contributed by atoms with E-state index in [1.807, 2.05) is 13.0 Å². The number of carbonyl (C=O) groups is 1. The zero-order valence-corrected chi connectivity index (χ0v) is 13.3. The average Bonchev–Trinajstić information content (AvgIpc) is 2.51. The van der Waals surface area contributed by atoms with Crippen molar-refractivity contribution in [3.05, 3.63) is 63.2 Å². The summed E-state index contributed by atoms with van der Waals surface area (Å²) in [5, 5.41) is 17.1. The predicted molar refractivity (Wildman–Crippen MR) is 91.0 cm³/mol. The number of hydrogen-bond donors (Lipinski definition) is 2. The van der Waals surface area contributed by atoms with Crippen molar-refractivity contribution in [1.82, 2.24) is 0 Å². The molecule has 7 heteroatoms. The van der Waals surface area contributed by atoms with Gasteiger partial charge in [-0.25, -0.2) is 0 Å². The molecule has 0 unspecified atom stereocenters. The monoisotopic (exact) mass is 333 g/mol. The van der Waals surface area contributed by atoms with E-state index in [1.54, 1.807) is 30.3 Å². The number of anilines is 2. The molecule has 120 valence electrons. The van der Waals surface area contributed by atoms with Crippen molar-refractivity contribution in [2.45, 2.75) is 13.3 Å². The highest BCUT2D eigenvalue weighted by Gasteiger charge is 2.12. The van der Waals surface area contributed by atoms with Crippen LogP contribution in [0.15, 0.2) is 42.5 Å². The maximum absolute atomic E-state index is 11.9. The zero-order chi connectivity index (χ0) is 16.8. The SMILES string of the molecule is Cc1ccc(NC(=O)CCNc2ccccc2[N+](=O)[O-])cc1Cl. The van der Waals surface area contributed by atoms with Gasteiger partial charge in [0, 0.05) is 29.7 Å². The molecule has 23 heavy (non-hydrogen) atoms. The third kappa shape index (κ3) is 4.69. The van der Waals surface area contributed by atoms with E-state index in [-0.39, 0.29) is 24.6 Å². The van der Waals surface area contributed by atoms with Gasteiger partial charge in [-0.1, -0.05) is 29.8 Å². The number of nitro benzene ring substituents is 1. The molecule has 2 rings (SSSR count). The van der Waals surface area contributed by atoms with Crippen LogP contribution in [-0.2, 0) is 4.79 Å². The van der Waals surface area contributed by atoms with Gasteiger partial charge >= 0.3 is 0 Å². The summed E-state index contributed by atoms with van der Waals surface area (Å²) in [5.74, 6) is -0.198. The van der Waals surface area contributed by atoms with E-state index >= 15 is 0 Å². The number of aryl methyl sites for hydroxylation is 1. The van der Waals surface area contributed by atoms with Crippen LogP contribution in [0.25, 0.3) is 0 Å². The van der Waals surface area contributed by atoms with Crippen LogP contribution in [0.2, 0.25) is 5.02 Å². The molecular weight excluding hydrogens is 318 g/mol. The third-order valence-corrected chi connectivity index (χ3v) is 3.63. The standard InChI is InChI=1S/C16H16ClN3O3/c1-11-6-7-12(10-13(11)17)19-16(21)8-9-18-14-4-2-3-5-15(14)20(22)23/h2-7,10,18H,8-9H2,1H3,(H,19,21). The van der Waals surface area contributed by atoms with E-state index in [0.29, 0.717) is 16.4 Å². The highest BCUT2D eigenvalue weighted by molar-refractivity contribution is 6.31. The van der Waals surface area contributed by atoms with Crippen molar-refractivity contribution in [1.29, 1.82) is 0 Å². The van der Waals surface area contributed by atoms with E-state index in [0.717, 1.165) is 5.56 Å². The van der Waals surface area contributed by atoms with Crippen molar-refractivity contribution in [2.75, 3.05) is 17.2 Å².